The third-order valence-electron chi connectivity index (χ3n) is 4.57. The molecule has 6 nitrogen and oxygen atoms in total. The van der Waals surface area contributed by atoms with E-state index in [4.69, 9.17) is 21.1 Å². The first kappa shape index (κ1) is 21.1. The normalized spacial score (nSPS) is 14.9. The molecular formula is C23H19ClN2O4S. The van der Waals surface area contributed by atoms with Crippen molar-refractivity contribution in [3.8, 4) is 17.2 Å². The summed E-state index contributed by atoms with van der Waals surface area (Å²) >= 11 is 7.32. The van der Waals surface area contributed by atoms with Crippen molar-refractivity contribution in [3.63, 3.8) is 0 Å². The summed E-state index contributed by atoms with van der Waals surface area (Å²) in [6.45, 7) is 0. The van der Waals surface area contributed by atoms with Crippen molar-refractivity contribution in [3.05, 3.63) is 71.8 Å². The number of carbonyl (C=O) groups is 2. The number of para-hydroxylation sites is 2. The molecule has 0 fully saturated rings. The van der Waals surface area contributed by atoms with E-state index in [9.17, 15) is 9.59 Å². The predicted molar refractivity (Wildman–Crippen MR) is 122 cm³/mol. The minimum absolute atomic E-state index is 0.0536. The van der Waals surface area contributed by atoms with Gasteiger partial charge in [0, 0.05) is 22.0 Å². The van der Waals surface area contributed by atoms with Crippen LogP contribution in [-0.4, -0.2) is 24.2 Å². The summed E-state index contributed by atoms with van der Waals surface area (Å²) in [6, 6.07) is 19.7. The van der Waals surface area contributed by atoms with Crippen LogP contribution in [0.5, 0.6) is 17.2 Å². The number of hydrogen-bond donors (Lipinski definition) is 2. The molecular weight excluding hydrogens is 436 g/mol. The Morgan fingerprint density at radius 1 is 1.10 bits per heavy atom. The molecule has 0 aliphatic carbocycles. The van der Waals surface area contributed by atoms with Gasteiger partial charge >= 0.3 is 0 Å². The van der Waals surface area contributed by atoms with Gasteiger partial charge in [-0.1, -0.05) is 23.7 Å². The van der Waals surface area contributed by atoms with E-state index in [0.717, 1.165) is 4.90 Å². The van der Waals surface area contributed by atoms with E-state index >= 15 is 0 Å². The second kappa shape index (κ2) is 9.32. The SMILES string of the molecule is COc1ccccc1Oc1ccc(NC(=O)CC2Sc3ccc(Cl)cc3NC2=O)cc1. The highest BCUT2D eigenvalue weighted by atomic mass is 35.5. The number of halogens is 1. The van der Waals surface area contributed by atoms with Crippen LogP contribution in [0, 0.1) is 0 Å². The molecule has 3 aromatic carbocycles. The molecule has 4 rings (SSSR count). The lowest BCUT2D eigenvalue weighted by Gasteiger charge is -2.23. The summed E-state index contributed by atoms with van der Waals surface area (Å²) in [5, 5.41) is 5.67. The van der Waals surface area contributed by atoms with Crippen molar-refractivity contribution in [1.82, 2.24) is 0 Å². The summed E-state index contributed by atoms with van der Waals surface area (Å²) < 4.78 is 11.1. The number of hydrogen-bond acceptors (Lipinski definition) is 5. The number of amides is 2. The summed E-state index contributed by atoms with van der Waals surface area (Å²) in [5.74, 6) is 1.38. The van der Waals surface area contributed by atoms with Gasteiger partial charge < -0.3 is 20.1 Å². The Bertz CT molecular complexity index is 1120. The van der Waals surface area contributed by atoms with Crippen molar-refractivity contribution in [2.45, 2.75) is 16.6 Å². The first-order chi connectivity index (χ1) is 15.0. The smallest absolute Gasteiger partial charge is 0.238 e. The standard InChI is InChI=1S/C23H19ClN2O4S/c1-29-18-4-2-3-5-19(18)30-16-9-7-15(8-10-16)25-22(27)13-21-23(28)26-17-12-14(24)6-11-20(17)31-21/h2-12,21H,13H2,1H3,(H,25,27)(H,26,28). The number of thioether (sulfide) groups is 1. The number of anilines is 2. The van der Waals surface area contributed by atoms with E-state index in [1.54, 1.807) is 43.5 Å². The molecule has 0 saturated heterocycles. The Balaban J connectivity index is 1.36. The van der Waals surface area contributed by atoms with Gasteiger partial charge in [0.05, 0.1) is 18.0 Å². The number of benzene rings is 3. The van der Waals surface area contributed by atoms with Crippen LogP contribution in [-0.2, 0) is 9.59 Å². The molecule has 1 unspecified atom stereocenters. The molecule has 1 aliphatic heterocycles. The molecule has 0 saturated carbocycles. The van der Waals surface area contributed by atoms with Crippen LogP contribution in [0.3, 0.4) is 0 Å². The first-order valence-corrected chi connectivity index (χ1v) is 10.8. The highest BCUT2D eigenvalue weighted by molar-refractivity contribution is 8.01. The average Bonchev–Trinajstić information content (AvgIpc) is 2.76. The van der Waals surface area contributed by atoms with Gasteiger partial charge in [0.2, 0.25) is 11.8 Å². The van der Waals surface area contributed by atoms with Crippen LogP contribution in [0.2, 0.25) is 5.02 Å². The number of nitrogens with one attached hydrogen (secondary N) is 2. The van der Waals surface area contributed by atoms with Crippen LogP contribution in [0.1, 0.15) is 6.42 Å². The number of rotatable bonds is 6. The van der Waals surface area contributed by atoms with Crippen molar-refractivity contribution in [2.24, 2.45) is 0 Å². The van der Waals surface area contributed by atoms with Crippen LogP contribution in [0.4, 0.5) is 11.4 Å². The second-order valence-corrected chi connectivity index (χ2v) is 8.45. The fourth-order valence-corrected chi connectivity index (χ4v) is 4.34. The lowest BCUT2D eigenvalue weighted by Crippen LogP contribution is -2.32. The molecule has 1 heterocycles. The zero-order valence-corrected chi connectivity index (χ0v) is 18.1. The van der Waals surface area contributed by atoms with Crippen molar-refractivity contribution >= 4 is 46.6 Å². The lowest BCUT2D eigenvalue weighted by atomic mass is 10.2. The third kappa shape index (κ3) is 5.13. The summed E-state index contributed by atoms with van der Waals surface area (Å²) in [5.41, 5.74) is 1.29. The molecule has 0 radical (unpaired) electrons. The fourth-order valence-electron chi connectivity index (χ4n) is 3.07. The van der Waals surface area contributed by atoms with E-state index in [1.807, 2.05) is 30.3 Å². The summed E-state index contributed by atoms with van der Waals surface area (Å²) in [6.07, 6.45) is 0.0536. The summed E-state index contributed by atoms with van der Waals surface area (Å²) in [4.78, 5) is 25.7. The molecule has 1 atom stereocenters. The van der Waals surface area contributed by atoms with Gasteiger partial charge in [-0.25, -0.2) is 0 Å². The van der Waals surface area contributed by atoms with Crippen LogP contribution in [0.25, 0.3) is 0 Å². The largest absolute Gasteiger partial charge is 0.493 e. The molecule has 0 bridgehead atoms. The van der Waals surface area contributed by atoms with E-state index in [-0.39, 0.29) is 18.2 Å². The van der Waals surface area contributed by atoms with Crippen molar-refractivity contribution in [1.29, 1.82) is 0 Å². The minimum Gasteiger partial charge on any atom is -0.493 e. The Labute approximate surface area is 188 Å². The highest BCUT2D eigenvalue weighted by Crippen LogP contribution is 2.38. The molecule has 8 heteroatoms. The van der Waals surface area contributed by atoms with Gasteiger partial charge in [0.15, 0.2) is 11.5 Å². The van der Waals surface area contributed by atoms with Gasteiger partial charge in [0.1, 0.15) is 5.75 Å². The van der Waals surface area contributed by atoms with E-state index < -0.39 is 5.25 Å². The Hall–Kier alpha value is -3.16. The monoisotopic (exact) mass is 454 g/mol. The van der Waals surface area contributed by atoms with Crippen molar-refractivity contribution in [2.75, 3.05) is 17.7 Å². The molecule has 31 heavy (non-hydrogen) atoms. The Morgan fingerprint density at radius 2 is 1.84 bits per heavy atom. The zero-order valence-electron chi connectivity index (χ0n) is 16.6. The number of ether oxygens (including phenoxy) is 2. The number of methoxy groups -OCH3 is 1. The van der Waals surface area contributed by atoms with Gasteiger partial charge in [0.25, 0.3) is 0 Å². The van der Waals surface area contributed by atoms with Gasteiger partial charge in [-0.2, -0.15) is 0 Å². The van der Waals surface area contributed by atoms with Crippen molar-refractivity contribution < 1.29 is 19.1 Å². The lowest BCUT2D eigenvalue weighted by molar-refractivity contribution is -0.120. The zero-order chi connectivity index (χ0) is 21.8. The number of fused-ring (bicyclic) bond motifs is 1. The van der Waals surface area contributed by atoms with Gasteiger partial charge in [-0.3, -0.25) is 9.59 Å². The van der Waals surface area contributed by atoms with E-state index in [1.165, 1.54) is 11.8 Å². The molecule has 1 aliphatic rings. The van der Waals surface area contributed by atoms with E-state index in [2.05, 4.69) is 10.6 Å². The van der Waals surface area contributed by atoms with Crippen LogP contribution >= 0.6 is 23.4 Å². The second-order valence-electron chi connectivity index (χ2n) is 6.77. The molecule has 2 N–H and O–H groups in total. The van der Waals surface area contributed by atoms with Gasteiger partial charge in [-0.15, -0.1) is 11.8 Å². The predicted octanol–water partition coefficient (Wildman–Crippen LogP) is 5.58. The van der Waals surface area contributed by atoms with Gasteiger partial charge in [-0.05, 0) is 54.6 Å². The van der Waals surface area contributed by atoms with E-state index in [0.29, 0.717) is 33.6 Å². The topological polar surface area (TPSA) is 76.7 Å². The fraction of sp³-hybridized carbons (Fsp3) is 0.130. The maximum absolute atomic E-state index is 12.5. The average molecular weight is 455 g/mol. The maximum atomic E-state index is 12.5. The highest BCUT2D eigenvalue weighted by Gasteiger charge is 2.29. The minimum atomic E-state index is -0.512. The first-order valence-electron chi connectivity index (χ1n) is 9.49. The molecule has 3 aromatic rings. The summed E-state index contributed by atoms with van der Waals surface area (Å²) in [7, 11) is 1.58. The number of carbonyl (C=O) groups excluding carboxylic acids is 2. The molecule has 158 valence electrons. The Morgan fingerprint density at radius 3 is 2.58 bits per heavy atom. The molecule has 2 amide bonds. The van der Waals surface area contributed by atoms with Crippen LogP contribution < -0.4 is 20.1 Å². The molecule has 0 spiro atoms. The van der Waals surface area contributed by atoms with Crippen LogP contribution in [0.15, 0.2) is 71.6 Å². The third-order valence-corrected chi connectivity index (χ3v) is 6.08. The maximum Gasteiger partial charge on any atom is 0.238 e. The molecule has 0 aromatic heterocycles. The quantitative estimate of drug-likeness (QED) is 0.508. The Kier molecular flexibility index (Phi) is 6.34.